The van der Waals surface area contributed by atoms with E-state index in [0.717, 1.165) is 0 Å². The van der Waals surface area contributed by atoms with Gasteiger partial charge in [0.05, 0.1) is 6.61 Å². The minimum absolute atomic E-state index is 0.0149. The topological polar surface area (TPSA) is 171 Å². The van der Waals surface area contributed by atoms with Gasteiger partial charge in [0.15, 0.2) is 12.0 Å². The van der Waals surface area contributed by atoms with Gasteiger partial charge in [-0.2, -0.15) is 4.98 Å². The molecule has 0 radical (unpaired) electrons. The van der Waals surface area contributed by atoms with Crippen molar-refractivity contribution < 1.29 is 20.1 Å². The molecule has 2 heterocycles. The van der Waals surface area contributed by atoms with Crippen molar-refractivity contribution in [1.82, 2.24) is 9.97 Å². The maximum Gasteiger partial charge on any atom is 0.277 e. The molecule has 0 spiro atoms. The van der Waals surface area contributed by atoms with Crippen LogP contribution in [-0.4, -0.2) is 63.5 Å². The van der Waals surface area contributed by atoms with Crippen molar-refractivity contribution in [3.8, 4) is 0 Å². The van der Waals surface area contributed by atoms with E-state index in [1.165, 1.54) is 11.9 Å². The van der Waals surface area contributed by atoms with Crippen molar-refractivity contribution in [2.24, 2.45) is 0 Å². The number of aromatic amines is 1. The second-order valence-corrected chi connectivity index (χ2v) is 4.53. The number of hydrogen-bond donors (Lipinski definition) is 6. The van der Waals surface area contributed by atoms with Crippen LogP contribution in [0.4, 0.5) is 17.5 Å². The van der Waals surface area contributed by atoms with Crippen LogP contribution >= 0.6 is 0 Å². The number of nitrogens with two attached hydrogens (primary N) is 2. The van der Waals surface area contributed by atoms with Crippen LogP contribution < -0.4 is 21.9 Å². The smallest absolute Gasteiger partial charge is 0.277 e. The monoisotopic (exact) mass is 287 g/mol. The number of nitrogen functional groups attached to an aromatic ring is 2. The zero-order valence-corrected chi connectivity index (χ0v) is 10.7. The maximum atomic E-state index is 11.5. The fourth-order valence-corrected chi connectivity index (χ4v) is 2.08. The highest BCUT2D eigenvalue weighted by molar-refractivity contribution is 5.62. The zero-order valence-electron chi connectivity index (χ0n) is 10.7. The van der Waals surface area contributed by atoms with Crippen molar-refractivity contribution in [2.45, 2.75) is 24.5 Å². The fraction of sp³-hybridized carbons (Fsp3) is 0.600. The number of nitrogens with zero attached hydrogens (tertiary/aromatic N) is 2. The second-order valence-electron chi connectivity index (χ2n) is 4.53. The van der Waals surface area contributed by atoms with Crippen LogP contribution in [0.5, 0.6) is 0 Å². The van der Waals surface area contributed by atoms with Crippen LogP contribution in [0.25, 0.3) is 0 Å². The number of hydrogen-bond acceptors (Lipinski definition) is 9. The highest BCUT2D eigenvalue weighted by atomic mass is 16.6. The van der Waals surface area contributed by atoms with Gasteiger partial charge in [0, 0.05) is 7.05 Å². The lowest BCUT2D eigenvalue weighted by Crippen LogP contribution is -2.43. The molecule has 8 N–H and O–H groups in total. The molecule has 10 nitrogen and oxygen atoms in total. The van der Waals surface area contributed by atoms with E-state index in [0.29, 0.717) is 0 Å². The first-order valence-corrected chi connectivity index (χ1v) is 5.87. The lowest BCUT2D eigenvalue weighted by Gasteiger charge is -2.28. The van der Waals surface area contributed by atoms with E-state index in [9.17, 15) is 15.0 Å². The van der Waals surface area contributed by atoms with Crippen LogP contribution in [0.1, 0.15) is 0 Å². The van der Waals surface area contributed by atoms with Crippen LogP contribution in [0.2, 0.25) is 0 Å². The molecular formula is C10H17N5O5. The summed E-state index contributed by atoms with van der Waals surface area (Å²) in [5, 5.41) is 28.6. The summed E-state index contributed by atoms with van der Waals surface area (Å²) in [5.74, 6) is -0.126. The average molecular weight is 287 g/mol. The largest absolute Gasteiger partial charge is 0.394 e. The van der Waals surface area contributed by atoms with E-state index in [2.05, 4.69) is 9.97 Å². The minimum atomic E-state index is -1.29. The molecule has 4 atom stereocenters. The fourth-order valence-electron chi connectivity index (χ4n) is 2.08. The molecule has 1 aliphatic heterocycles. The zero-order chi connectivity index (χ0) is 15.0. The van der Waals surface area contributed by atoms with Crippen molar-refractivity contribution in [2.75, 3.05) is 30.0 Å². The second kappa shape index (κ2) is 5.25. The number of aliphatic hydroxyl groups excluding tert-OH is 3. The molecule has 1 aromatic heterocycles. The Bertz CT molecular complexity index is 549. The van der Waals surface area contributed by atoms with Crippen LogP contribution in [0.15, 0.2) is 4.79 Å². The Balaban J connectivity index is 2.33. The van der Waals surface area contributed by atoms with E-state index in [1.807, 2.05) is 0 Å². The van der Waals surface area contributed by atoms with Gasteiger partial charge in [0.25, 0.3) is 5.56 Å². The van der Waals surface area contributed by atoms with Gasteiger partial charge in [-0.05, 0) is 0 Å². The Labute approximate surface area is 113 Å². The highest BCUT2D eigenvalue weighted by Gasteiger charge is 2.45. The average Bonchev–Trinajstić information content (AvgIpc) is 2.69. The van der Waals surface area contributed by atoms with E-state index in [1.54, 1.807) is 0 Å². The quantitative estimate of drug-likeness (QED) is 0.335. The predicted octanol–water partition coefficient (Wildman–Crippen LogP) is -3.19. The van der Waals surface area contributed by atoms with Gasteiger partial charge in [-0.15, -0.1) is 0 Å². The Kier molecular flexibility index (Phi) is 3.81. The molecule has 1 fully saturated rings. The molecule has 4 unspecified atom stereocenters. The van der Waals surface area contributed by atoms with Crippen molar-refractivity contribution in [3.63, 3.8) is 0 Å². The summed E-state index contributed by atoms with van der Waals surface area (Å²) in [6, 6.07) is 0. The molecule has 0 saturated carbocycles. The van der Waals surface area contributed by atoms with Gasteiger partial charge in [0.1, 0.15) is 24.0 Å². The number of nitrogens with one attached hydrogen (secondary N) is 1. The van der Waals surface area contributed by atoms with E-state index in [4.69, 9.17) is 21.3 Å². The summed E-state index contributed by atoms with van der Waals surface area (Å²) in [5.41, 5.74) is 10.2. The minimum Gasteiger partial charge on any atom is -0.394 e. The van der Waals surface area contributed by atoms with Crippen LogP contribution in [0.3, 0.4) is 0 Å². The van der Waals surface area contributed by atoms with Crippen molar-refractivity contribution >= 4 is 17.5 Å². The van der Waals surface area contributed by atoms with Gasteiger partial charge in [0.2, 0.25) is 5.95 Å². The molecule has 1 saturated heterocycles. The molecule has 1 aliphatic rings. The van der Waals surface area contributed by atoms with Crippen molar-refractivity contribution in [3.05, 3.63) is 10.4 Å². The van der Waals surface area contributed by atoms with Crippen LogP contribution in [0, 0.1) is 0 Å². The third kappa shape index (κ3) is 2.29. The molecule has 0 aromatic carbocycles. The Hall–Kier alpha value is -1.88. The van der Waals surface area contributed by atoms with E-state index < -0.39 is 36.7 Å². The van der Waals surface area contributed by atoms with Gasteiger partial charge >= 0.3 is 0 Å². The molecule has 0 amide bonds. The van der Waals surface area contributed by atoms with E-state index in [-0.39, 0.29) is 17.5 Å². The van der Waals surface area contributed by atoms with Crippen LogP contribution in [-0.2, 0) is 4.74 Å². The molecular weight excluding hydrogens is 270 g/mol. The first kappa shape index (κ1) is 14.5. The standard InChI is InChI=1S/C10H17N5O5/c1-15(7-4(11)8(19)14-10(12)13-7)9-6(18)5(17)3(2-16)20-9/h3,5-6,9,16-18H,2,11H2,1H3,(H3,12,13,14,19). The molecule has 112 valence electrons. The summed E-state index contributed by atoms with van der Waals surface area (Å²) < 4.78 is 5.31. The van der Waals surface area contributed by atoms with Gasteiger partial charge in [-0.25, -0.2) is 0 Å². The SMILES string of the molecule is CN(c1nc(N)[nH]c(=O)c1N)C1OC(CO)C(O)C1O. The molecule has 2 rings (SSSR count). The number of rotatable bonds is 3. The predicted molar refractivity (Wildman–Crippen MR) is 69.8 cm³/mol. The molecule has 1 aromatic rings. The Morgan fingerprint density at radius 1 is 1.40 bits per heavy atom. The van der Waals surface area contributed by atoms with Gasteiger partial charge < -0.3 is 36.4 Å². The summed E-state index contributed by atoms with van der Waals surface area (Å²) in [7, 11) is 1.47. The normalized spacial score (nSPS) is 29.6. The molecule has 0 aliphatic carbocycles. The maximum absolute atomic E-state index is 11.5. The van der Waals surface area contributed by atoms with Crippen molar-refractivity contribution in [1.29, 1.82) is 0 Å². The van der Waals surface area contributed by atoms with Gasteiger partial charge in [-0.3, -0.25) is 9.78 Å². The third-order valence-electron chi connectivity index (χ3n) is 3.19. The Morgan fingerprint density at radius 2 is 2.05 bits per heavy atom. The summed E-state index contributed by atoms with van der Waals surface area (Å²) in [6.07, 6.45) is -4.50. The lowest BCUT2D eigenvalue weighted by atomic mass is 10.1. The number of anilines is 3. The number of ether oxygens (including phenoxy) is 1. The number of aliphatic hydroxyl groups is 3. The lowest BCUT2D eigenvalue weighted by molar-refractivity contribution is -0.0213. The van der Waals surface area contributed by atoms with E-state index >= 15 is 0 Å². The first-order valence-electron chi connectivity index (χ1n) is 5.87. The highest BCUT2D eigenvalue weighted by Crippen LogP contribution is 2.27. The Morgan fingerprint density at radius 3 is 2.60 bits per heavy atom. The van der Waals surface area contributed by atoms with Gasteiger partial charge in [-0.1, -0.05) is 0 Å². The molecule has 10 heteroatoms. The number of H-pyrrole nitrogens is 1. The summed E-state index contributed by atoms with van der Waals surface area (Å²) >= 11 is 0. The number of aromatic nitrogens is 2. The summed E-state index contributed by atoms with van der Waals surface area (Å²) in [6.45, 7) is -0.455. The first-order chi connectivity index (χ1) is 9.36. The third-order valence-corrected chi connectivity index (χ3v) is 3.19. The molecule has 0 bridgehead atoms. The molecule has 20 heavy (non-hydrogen) atoms. The summed E-state index contributed by atoms with van der Waals surface area (Å²) in [4.78, 5) is 18.9. The number of likely N-dealkylation sites (N-methyl/N-ethyl adjacent to an activating group) is 1.